The SMILES string of the molecule is CN1CCCN(CC(=O)Nc2cc3cc(-c4cnn(C)c4)ccc3cn2)CC1. The van der Waals surface area contributed by atoms with E-state index in [2.05, 4.69) is 44.4 Å². The van der Waals surface area contributed by atoms with Crippen LogP contribution in [0.5, 0.6) is 0 Å². The molecule has 1 aromatic carbocycles. The maximum absolute atomic E-state index is 12.5. The molecule has 2 aromatic heterocycles. The van der Waals surface area contributed by atoms with Gasteiger partial charge in [-0.15, -0.1) is 0 Å². The predicted octanol–water partition coefficient (Wildman–Crippen LogP) is 2.21. The molecule has 0 unspecified atom stereocenters. The second-order valence-corrected chi connectivity index (χ2v) is 7.52. The van der Waals surface area contributed by atoms with Crippen molar-refractivity contribution in [1.82, 2.24) is 24.6 Å². The normalized spacial score (nSPS) is 16.2. The highest BCUT2D eigenvalue weighted by atomic mass is 16.2. The van der Waals surface area contributed by atoms with E-state index in [1.807, 2.05) is 31.6 Å². The number of amides is 1. The lowest BCUT2D eigenvalue weighted by atomic mass is 10.1. The summed E-state index contributed by atoms with van der Waals surface area (Å²) in [7, 11) is 4.03. The number of hydrogen-bond acceptors (Lipinski definition) is 5. The summed E-state index contributed by atoms with van der Waals surface area (Å²) in [5.74, 6) is 0.576. The fraction of sp³-hybridized carbons (Fsp3) is 0.381. The van der Waals surface area contributed by atoms with Gasteiger partial charge in [-0.2, -0.15) is 5.10 Å². The average Bonchev–Trinajstić information content (AvgIpc) is 3.01. The van der Waals surface area contributed by atoms with Gasteiger partial charge in [0.1, 0.15) is 5.82 Å². The molecule has 0 spiro atoms. The van der Waals surface area contributed by atoms with Gasteiger partial charge in [-0.3, -0.25) is 14.4 Å². The molecule has 146 valence electrons. The molecular weight excluding hydrogens is 352 g/mol. The number of aryl methyl sites for hydroxylation is 1. The summed E-state index contributed by atoms with van der Waals surface area (Å²) in [6, 6.07) is 8.15. The van der Waals surface area contributed by atoms with Crippen molar-refractivity contribution < 1.29 is 4.79 Å². The Labute approximate surface area is 165 Å². The molecule has 1 aliphatic rings. The maximum Gasteiger partial charge on any atom is 0.239 e. The lowest BCUT2D eigenvalue weighted by Crippen LogP contribution is -2.36. The Morgan fingerprint density at radius 3 is 2.75 bits per heavy atom. The van der Waals surface area contributed by atoms with Gasteiger partial charge in [0.2, 0.25) is 5.91 Å². The Hall–Kier alpha value is -2.77. The molecule has 0 atom stereocenters. The molecule has 3 aromatic rings. The highest BCUT2D eigenvalue weighted by Gasteiger charge is 2.15. The Bertz CT molecular complexity index is 982. The first-order valence-electron chi connectivity index (χ1n) is 9.66. The van der Waals surface area contributed by atoms with Crippen LogP contribution in [-0.4, -0.2) is 70.2 Å². The zero-order valence-corrected chi connectivity index (χ0v) is 16.4. The van der Waals surface area contributed by atoms with Crippen molar-refractivity contribution >= 4 is 22.5 Å². The van der Waals surface area contributed by atoms with Crippen LogP contribution in [-0.2, 0) is 11.8 Å². The fourth-order valence-corrected chi connectivity index (χ4v) is 3.60. The van der Waals surface area contributed by atoms with Crippen molar-refractivity contribution in [1.29, 1.82) is 0 Å². The van der Waals surface area contributed by atoms with Gasteiger partial charge >= 0.3 is 0 Å². The molecule has 1 fully saturated rings. The number of fused-ring (bicyclic) bond motifs is 1. The highest BCUT2D eigenvalue weighted by molar-refractivity contribution is 5.94. The summed E-state index contributed by atoms with van der Waals surface area (Å²) in [5.41, 5.74) is 2.16. The van der Waals surface area contributed by atoms with E-state index in [0.29, 0.717) is 12.4 Å². The predicted molar refractivity (Wildman–Crippen MR) is 111 cm³/mol. The number of aromatic nitrogens is 3. The fourth-order valence-electron chi connectivity index (χ4n) is 3.60. The molecule has 28 heavy (non-hydrogen) atoms. The van der Waals surface area contributed by atoms with E-state index < -0.39 is 0 Å². The van der Waals surface area contributed by atoms with Crippen molar-refractivity contribution in [3.63, 3.8) is 0 Å². The van der Waals surface area contributed by atoms with Crippen LogP contribution >= 0.6 is 0 Å². The van der Waals surface area contributed by atoms with Crippen molar-refractivity contribution in [3.05, 3.63) is 42.9 Å². The smallest absolute Gasteiger partial charge is 0.239 e. The lowest BCUT2D eigenvalue weighted by Gasteiger charge is -2.19. The molecule has 3 heterocycles. The Morgan fingerprint density at radius 2 is 1.93 bits per heavy atom. The number of nitrogens with zero attached hydrogens (tertiary/aromatic N) is 5. The van der Waals surface area contributed by atoms with E-state index in [4.69, 9.17) is 0 Å². The number of benzene rings is 1. The first-order valence-corrected chi connectivity index (χ1v) is 9.66. The first-order chi connectivity index (χ1) is 13.6. The van der Waals surface area contributed by atoms with Gasteiger partial charge in [-0.25, -0.2) is 4.98 Å². The number of pyridine rings is 1. The van der Waals surface area contributed by atoms with E-state index in [1.165, 1.54) is 0 Å². The Morgan fingerprint density at radius 1 is 1.04 bits per heavy atom. The van der Waals surface area contributed by atoms with Crippen LogP contribution in [0, 0.1) is 0 Å². The molecule has 4 rings (SSSR count). The molecule has 0 aliphatic carbocycles. The van der Waals surface area contributed by atoms with Gasteiger partial charge in [-0.05, 0) is 49.6 Å². The number of nitrogens with one attached hydrogen (secondary N) is 1. The van der Waals surface area contributed by atoms with Crippen molar-refractivity contribution in [2.24, 2.45) is 7.05 Å². The van der Waals surface area contributed by atoms with Gasteiger partial charge in [-0.1, -0.05) is 12.1 Å². The summed E-state index contributed by atoms with van der Waals surface area (Å²) in [5, 5.41) is 9.28. The lowest BCUT2D eigenvalue weighted by molar-refractivity contribution is -0.117. The minimum absolute atomic E-state index is 0.0141. The second-order valence-electron chi connectivity index (χ2n) is 7.52. The minimum Gasteiger partial charge on any atom is -0.310 e. The Balaban J connectivity index is 1.46. The third kappa shape index (κ3) is 4.37. The molecule has 0 radical (unpaired) electrons. The summed E-state index contributed by atoms with van der Waals surface area (Å²) >= 11 is 0. The topological polar surface area (TPSA) is 66.3 Å². The molecular formula is C21H26N6O. The molecule has 0 bridgehead atoms. The van der Waals surface area contributed by atoms with E-state index in [0.717, 1.165) is 54.5 Å². The molecule has 1 aliphatic heterocycles. The maximum atomic E-state index is 12.5. The van der Waals surface area contributed by atoms with Crippen LogP contribution < -0.4 is 5.32 Å². The molecule has 1 saturated heterocycles. The monoisotopic (exact) mass is 378 g/mol. The molecule has 0 saturated carbocycles. The highest BCUT2D eigenvalue weighted by Crippen LogP contribution is 2.25. The molecule has 7 nitrogen and oxygen atoms in total. The number of carbonyl (C=O) groups excluding carboxylic acids is 1. The third-order valence-electron chi connectivity index (χ3n) is 5.21. The molecule has 1 N–H and O–H groups in total. The third-order valence-corrected chi connectivity index (χ3v) is 5.21. The number of anilines is 1. The van der Waals surface area contributed by atoms with Crippen LogP contribution in [0.4, 0.5) is 5.82 Å². The van der Waals surface area contributed by atoms with Gasteiger partial charge in [0.05, 0.1) is 12.7 Å². The van der Waals surface area contributed by atoms with Crippen molar-refractivity contribution in [2.45, 2.75) is 6.42 Å². The molecule has 1 amide bonds. The molecule has 7 heteroatoms. The summed E-state index contributed by atoms with van der Waals surface area (Å²) in [4.78, 5) is 21.4. The van der Waals surface area contributed by atoms with E-state index in [-0.39, 0.29) is 5.91 Å². The van der Waals surface area contributed by atoms with Gasteiger partial charge < -0.3 is 10.2 Å². The number of likely N-dealkylation sites (N-methyl/N-ethyl adjacent to an activating group) is 1. The first kappa shape index (κ1) is 18.6. The van der Waals surface area contributed by atoms with Crippen LogP contribution in [0.1, 0.15) is 6.42 Å². The van der Waals surface area contributed by atoms with Gasteiger partial charge in [0.15, 0.2) is 0 Å². The van der Waals surface area contributed by atoms with Crippen molar-refractivity contribution in [3.8, 4) is 11.1 Å². The number of carbonyl (C=O) groups is 1. The van der Waals surface area contributed by atoms with E-state index in [9.17, 15) is 4.79 Å². The van der Waals surface area contributed by atoms with E-state index >= 15 is 0 Å². The summed E-state index contributed by atoms with van der Waals surface area (Å²) in [6.45, 7) is 4.37. The van der Waals surface area contributed by atoms with Crippen LogP contribution in [0.25, 0.3) is 21.9 Å². The summed E-state index contributed by atoms with van der Waals surface area (Å²) in [6.07, 6.45) is 6.74. The largest absolute Gasteiger partial charge is 0.310 e. The zero-order chi connectivity index (χ0) is 19.5. The van der Waals surface area contributed by atoms with Crippen LogP contribution in [0.3, 0.4) is 0 Å². The van der Waals surface area contributed by atoms with Crippen molar-refractivity contribution in [2.75, 3.05) is 45.1 Å². The van der Waals surface area contributed by atoms with E-state index in [1.54, 1.807) is 10.9 Å². The second kappa shape index (κ2) is 8.08. The quantitative estimate of drug-likeness (QED) is 0.754. The Kier molecular flexibility index (Phi) is 5.36. The van der Waals surface area contributed by atoms with Crippen LogP contribution in [0.2, 0.25) is 0 Å². The standard InChI is InChI=1S/C21H26N6O/c1-25-6-3-7-27(9-8-25)15-21(28)24-20-11-18-10-16(4-5-17(18)12-22-20)19-13-23-26(2)14-19/h4-5,10-14H,3,6-9,15H2,1-2H3,(H,22,24,28). The number of hydrogen-bond donors (Lipinski definition) is 1. The minimum atomic E-state index is -0.0141. The summed E-state index contributed by atoms with van der Waals surface area (Å²) < 4.78 is 1.79. The van der Waals surface area contributed by atoms with Crippen LogP contribution in [0.15, 0.2) is 42.9 Å². The average molecular weight is 378 g/mol. The van der Waals surface area contributed by atoms with Gasteiger partial charge in [0, 0.05) is 43.5 Å². The zero-order valence-electron chi connectivity index (χ0n) is 16.4. The number of rotatable bonds is 4. The van der Waals surface area contributed by atoms with Gasteiger partial charge in [0.25, 0.3) is 0 Å².